The van der Waals surface area contributed by atoms with E-state index in [9.17, 15) is 0 Å². The zero-order valence-corrected chi connectivity index (χ0v) is 10.6. The van der Waals surface area contributed by atoms with Gasteiger partial charge >= 0.3 is 0 Å². The molecule has 3 rings (SSSR count). The van der Waals surface area contributed by atoms with Gasteiger partial charge in [-0.3, -0.25) is 0 Å². The molecule has 1 heterocycles. The summed E-state index contributed by atoms with van der Waals surface area (Å²) in [4.78, 5) is 0. The topological polar surface area (TPSA) is 12.0 Å². The van der Waals surface area contributed by atoms with Crippen molar-refractivity contribution in [3.63, 3.8) is 0 Å². The minimum Gasteiger partial charge on any atom is -0.316 e. The molecule has 0 bridgehead atoms. The van der Waals surface area contributed by atoms with Crippen LogP contribution >= 0.6 is 11.6 Å². The van der Waals surface area contributed by atoms with Crippen LogP contribution in [0.5, 0.6) is 0 Å². The van der Waals surface area contributed by atoms with Crippen LogP contribution in [0.15, 0.2) is 18.2 Å². The van der Waals surface area contributed by atoms with Gasteiger partial charge in [0.15, 0.2) is 0 Å². The highest BCUT2D eigenvalue weighted by Crippen LogP contribution is 2.53. The standard InChI is InChI=1S/C14H18ClN/c1-9-6-14(2)8-16-7-11(14)10-4-3-5-12(15)13(9)10/h3-5,9,11,16H,6-8H2,1-2H3/t9?,11?,14-/m0/s1. The first kappa shape index (κ1) is 10.6. The van der Waals surface area contributed by atoms with Gasteiger partial charge in [0.2, 0.25) is 0 Å². The molecule has 0 amide bonds. The SMILES string of the molecule is CC1C[C@@]2(C)CNCC2c2cccc(Cl)c21. The van der Waals surface area contributed by atoms with Crippen LogP contribution in [-0.4, -0.2) is 13.1 Å². The summed E-state index contributed by atoms with van der Waals surface area (Å²) in [6.07, 6.45) is 1.25. The fraction of sp³-hybridized carbons (Fsp3) is 0.571. The minimum absolute atomic E-state index is 0.428. The Bertz CT molecular complexity index is 429. The molecule has 1 aliphatic carbocycles. The molecule has 1 nitrogen and oxygen atoms in total. The van der Waals surface area contributed by atoms with Gasteiger partial charge < -0.3 is 5.32 Å². The second-order valence-corrected chi connectivity index (χ2v) is 6.09. The quantitative estimate of drug-likeness (QED) is 0.725. The monoisotopic (exact) mass is 235 g/mol. The number of hydrogen-bond acceptors (Lipinski definition) is 1. The third-order valence-corrected chi connectivity index (χ3v) is 4.78. The maximum absolute atomic E-state index is 6.35. The van der Waals surface area contributed by atoms with Crippen molar-refractivity contribution in [1.82, 2.24) is 5.32 Å². The van der Waals surface area contributed by atoms with Crippen LogP contribution < -0.4 is 5.32 Å². The van der Waals surface area contributed by atoms with Gasteiger partial charge in [0.1, 0.15) is 0 Å². The minimum atomic E-state index is 0.428. The van der Waals surface area contributed by atoms with Gasteiger partial charge in [-0.05, 0) is 34.9 Å². The van der Waals surface area contributed by atoms with E-state index < -0.39 is 0 Å². The summed E-state index contributed by atoms with van der Waals surface area (Å²) in [5.41, 5.74) is 3.31. The first-order valence-corrected chi connectivity index (χ1v) is 6.49. The molecule has 1 aromatic carbocycles. The predicted octanol–water partition coefficient (Wildman–Crippen LogP) is 3.54. The predicted molar refractivity (Wildman–Crippen MR) is 68.2 cm³/mol. The van der Waals surface area contributed by atoms with Crippen molar-refractivity contribution in [2.45, 2.75) is 32.1 Å². The van der Waals surface area contributed by atoms with Gasteiger partial charge in [0, 0.05) is 24.0 Å². The van der Waals surface area contributed by atoms with Crippen LogP contribution in [0.3, 0.4) is 0 Å². The average molecular weight is 236 g/mol. The molecule has 0 spiro atoms. The second kappa shape index (κ2) is 3.48. The fourth-order valence-electron chi connectivity index (χ4n) is 3.75. The average Bonchev–Trinajstić information content (AvgIpc) is 2.59. The normalized spacial score (nSPS) is 36.9. The van der Waals surface area contributed by atoms with Crippen molar-refractivity contribution < 1.29 is 0 Å². The Hall–Kier alpha value is -0.530. The lowest BCUT2D eigenvalue weighted by Crippen LogP contribution is -2.32. The van der Waals surface area contributed by atoms with E-state index in [1.54, 1.807) is 0 Å². The van der Waals surface area contributed by atoms with E-state index in [1.807, 2.05) is 6.07 Å². The number of benzene rings is 1. The van der Waals surface area contributed by atoms with Crippen LogP contribution in [0.2, 0.25) is 5.02 Å². The molecule has 2 unspecified atom stereocenters. The first-order valence-electron chi connectivity index (χ1n) is 6.11. The largest absolute Gasteiger partial charge is 0.316 e. The smallest absolute Gasteiger partial charge is 0.0443 e. The van der Waals surface area contributed by atoms with Crippen LogP contribution in [0.1, 0.15) is 43.2 Å². The molecule has 16 heavy (non-hydrogen) atoms. The Kier molecular flexibility index (Phi) is 2.31. The van der Waals surface area contributed by atoms with Gasteiger partial charge in [-0.2, -0.15) is 0 Å². The summed E-state index contributed by atoms with van der Waals surface area (Å²) in [6.45, 7) is 6.98. The molecule has 0 aromatic heterocycles. The molecule has 1 saturated heterocycles. The molecule has 0 radical (unpaired) electrons. The second-order valence-electron chi connectivity index (χ2n) is 5.69. The Balaban J connectivity index is 2.18. The third kappa shape index (κ3) is 1.34. The number of halogens is 1. The number of hydrogen-bond donors (Lipinski definition) is 1. The molecule has 3 atom stereocenters. The van der Waals surface area contributed by atoms with Crippen molar-refractivity contribution in [3.05, 3.63) is 34.3 Å². The Morgan fingerprint density at radius 1 is 1.44 bits per heavy atom. The lowest BCUT2D eigenvalue weighted by Gasteiger charge is -2.40. The van der Waals surface area contributed by atoms with Gasteiger partial charge in [-0.15, -0.1) is 0 Å². The summed E-state index contributed by atoms with van der Waals surface area (Å²) in [5.74, 6) is 1.24. The molecular weight excluding hydrogens is 218 g/mol. The molecule has 1 aromatic rings. The third-order valence-electron chi connectivity index (χ3n) is 4.45. The molecule has 2 heteroatoms. The van der Waals surface area contributed by atoms with Crippen LogP contribution in [0, 0.1) is 5.41 Å². The van der Waals surface area contributed by atoms with Gasteiger partial charge in [-0.1, -0.05) is 37.6 Å². The summed E-state index contributed by atoms with van der Waals surface area (Å²) in [6, 6.07) is 6.40. The van der Waals surface area contributed by atoms with Crippen molar-refractivity contribution in [2.75, 3.05) is 13.1 Å². The summed E-state index contributed by atoms with van der Waals surface area (Å²) in [7, 11) is 0. The zero-order valence-electron chi connectivity index (χ0n) is 9.89. The van der Waals surface area contributed by atoms with Gasteiger partial charge in [0.05, 0.1) is 0 Å². The maximum Gasteiger partial charge on any atom is 0.0443 e. The lowest BCUT2D eigenvalue weighted by atomic mass is 9.63. The van der Waals surface area contributed by atoms with Gasteiger partial charge in [-0.25, -0.2) is 0 Å². The Morgan fingerprint density at radius 2 is 2.25 bits per heavy atom. The lowest BCUT2D eigenvalue weighted by molar-refractivity contribution is 0.254. The maximum atomic E-state index is 6.35. The molecule has 1 fully saturated rings. The van der Waals surface area contributed by atoms with E-state index in [0.717, 1.165) is 18.1 Å². The van der Waals surface area contributed by atoms with Crippen molar-refractivity contribution >= 4 is 11.6 Å². The highest BCUT2D eigenvalue weighted by molar-refractivity contribution is 6.31. The molecule has 86 valence electrons. The van der Waals surface area contributed by atoms with Crippen LogP contribution in [0.25, 0.3) is 0 Å². The van der Waals surface area contributed by atoms with Crippen LogP contribution in [0.4, 0.5) is 0 Å². The highest BCUT2D eigenvalue weighted by Gasteiger charge is 2.45. The fourth-order valence-corrected chi connectivity index (χ4v) is 4.12. The van der Waals surface area contributed by atoms with E-state index in [4.69, 9.17) is 11.6 Å². The number of fused-ring (bicyclic) bond motifs is 3. The van der Waals surface area contributed by atoms with Crippen molar-refractivity contribution in [3.8, 4) is 0 Å². The van der Waals surface area contributed by atoms with Crippen LogP contribution in [-0.2, 0) is 0 Å². The van der Waals surface area contributed by atoms with E-state index in [-0.39, 0.29) is 0 Å². The van der Waals surface area contributed by atoms with Gasteiger partial charge in [0.25, 0.3) is 0 Å². The van der Waals surface area contributed by atoms with Crippen molar-refractivity contribution in [1.29, 1.82) is 0 Å². The van der Waals surface area contributed by atoms with E-state index >= 15 is 0 Å². The summed E-state index contributed by atoms with van der Waals surface area (Å²) in [5, 5.41) is 4.50. The Morgan fingerprint density at radius 3 is 3.06 bits per heavy atom. The molecule has 2 aliphatic rings. The molecular formula is C14H18ClN. The summed E-state index contributed by atoms with van der Waals surface area (Å²) >= 11 is 6.35. The number of nitrogens with one attached hydrogen (secondary N) is 1. The molecule has 1 N–H and O–H groups in total. The van der Waals surface area contributed by atoms with Crippen molar-refractivity contribution in [2.24, 2.45) is 5.41 Å². The summed E-state index contributed by atoms with van der Waals surface area (Å²) < 4.78 is 0. The number of rotatable bonds is 0. The first-order chi connectivity index (χ1) is 7.62. The Labute approximate surface area is 102 Å². The van der Waals surface area contributed by atoms with E-state index in [2.05, 4.69) is 31.3 Å². The molecule has 1 aliphatic heterocycles. The van der Waals surface area contributed by atoms with E-state index in [1.165, 1.54) is 17.5 Å². The highest BCUT2D eigenvalue weighted by atomic mass is 35.5. The van der Waals surface area contributed by atoms with E-state index in [0.29, 0.717) is 17.3 Å². The molecule has 0 saturated carbocycles. The zero-order chi connectivity index (χ0) is 11.3.